The van der Waals surface area contributed by atoms with Crippen molar-refractivity contribution >= 4 is 54.9 Å². The summed E-state index contributed by atoms with van der Waals surface area (Å²) >= 11 is 2.88. The zero-order valence-corrected chi connectivity index (χ0v) is 19.6. The molecule has 31 heavy (non-hydrogen) atoms. The van der Waals surface area contributed by atoms with Crippen molar-refractivity contribution in [2.45, 2.75) is 48.1 Å². The monoisotopic (exact) mass is 476 g/mol. The van der Waals surface area contributed by atoms with Gasteiger partial charge in [0.05, 0.1) is 10.6 Å². The molecular formula is C21H24N4O3S3. The lowest BCUT2D eigenvalue weighted by atomic mass is 9.96. The highest BCUT2D eigenvalue weighted by Gasteiger charge is 2.28. The summed E-state index contributed by atoms with van der Waals surface area (Å²) in [5.74, 6) is 0.0220. The van der Waals surface area contributed by atoms with Crippen LogP contribution in [0.15, 0.2) is 52.0 Å². The Bertz CT molecular complexity index is 1160. The first-order valence-corrected chi connectivity index (χ1v) is 13.4. The molecule has 164 valence electrons. The molecule has 3 aromatic rings. The molecule has 1 amide bonds. The van der Waals surface area contributed by atoms with Gasteiger partial charge in [0.15, 0.2) is 0 Å². The summed E-state index contributed by atoms with van der Waals surface area (Å²) in [4.78, 5) is 22.0. The SMILES string of the molecule is CN(C1CCCCC1)S(=O)(=O)c1ccc(NC(=O)CSc2ncnc3sccc23)cc1. The van der Waals surface area contributed by atoms with E-state index in [0.717, 1.165) is 40.9 Å². The molecule has 10 heteroatoms. The molecule has 1 aromatic carbocycles. The maximum atomic E-state index is 12.9. The average Bonchev–Trinajstić information content (AvgIpc) is 3.27. The van der Waals surface area contributed by atoms with Gasteiger partial charge in [0.25, 0.3) is 0 Å². The number of sulfonamides is 1. The Morgan fingerprint density at radius 3 is 2.65 bits per heavy atom. The number of rotatable bonds is 7. The number of amides is 1. The normalized spacial score (nSPS) is 15.4. The Morgan fingerprint density at radius 2 is 1.90 bits per heavy atom. The molecule has 1 saturated carbocycles. The van der Waals surface area contributed by atoms with E-state index in [1.807, 2.05) is 11.4 Å². The number of thiophene rings is 1. The largest absolute Gasteiger partial charge is 0.325 e. The third kappa shape index (κ3) is 5.08. The van der Waals surface area contributed by atoms with E-state index < -0.39 is 10.0 Å². The second kappa shape index (κ2) is 9.64. The fraction of sp³-hybridized carbons (Fsp3) is 0.381. The van der Waals surface area contributed by atoms with Crippen LogP contribution in [0.25, 0.3) is 10.2 Å². The third-order valence-corrected chi connectivity index (χ3v) is 9.22. The predicted molar refractivity (Wildman–Crippen MR) is 125 cm³/mol. The maximum Gasteiger partial charge on any atom is 0.243 e. The smallest absolute Gasteiger partial charge is 0.243 e. The fourth-order valence-electron chi connectivity index (χ4n) is 3.73. The number of carbonyl (C=O) groups is 1. The first-order chi connectivity index (χ1) is 14.9. The zero-order chi connectivity index (χ0) is 21.8. The highest BCUT2D eigenvalue weighted by Crippen LogP contribution is 2.28. The quantitative estimate of drug-likeness (QED) is 0.402. The molecule has 1 aliphatic rings. The van der Waals surface area contributed by atoms with E-state index in [0.29, 0.717) is 5.69 Å². The van der Waals surface area contributed by atoms with Crippen LogP contribution in [-0.2, 0) is 14.8 Å². The van der Waals surface area contributed by atoms with E-state index in [4.69, 9.17) is 0 Å². The van der Waals surface area contributed by atoms with Crippen molar-refractivity contribution in [3.63, 3.8) is 0 Å². The number of anilines is 1. The van der Waals surface area contributed by atoms with Gasteiger partial charge < -0.3 is 5.32 Å². The van der Waals surface area contributed by atoms with Gasteiger partial charge in [0.2, 0.25) is 15.9 Å². The summed E-state index contributed by atoms with van der Waals surface area (Å²) in [5.41, 5.74) is 0.563. The van der Waals surface area contributed by atoms with Crippen molar-refractivity contribution in [2.75, 3.05) is 18.1 Å². The molecule has 0 saturated heterocycles. The first kappa shape index (κ1) is 22.2. The second-order valence-corrected chi connectivity index (χ2v) is 11.3. The van der Waals surface area contributed by atoms with Gasteiger partial charge in [-0.2, -0.15) is 4.31 Å². The second-order valence-electron chi connectivity index (χ2n) is 7.49. The van der Waals surface area contributed by atoms with Gasteiger partial charge in [-0.1, -0.05) is 31.0 Å². The minimum absolute atomic E-state index is 0.0617. The molecule has 0 bridgehead atoms. The van der Waals surface area contributed by atoms with Gasteiger partial charge in [0, 0.05) is 24.2 Å². The maximum absolute atomic E-state index is 12.9. The summed E-state index contributed by atoms with van der Waals surface area (Å²) in [6, 6.07) is 8.38. The van der Waals surface area contributed by atoms with E-state index in [1.54, 1.807) is 31.3 Å². The van der Waals surface area contributed by atoms with Gasteiger partial charge >= 0.3 is 0 Å². The van der Waals surface area contributed by atoms with Crippen molar-refractivity contribution in [3.8, 4) is 0 Å². The summed E-state index contributed by atoms with van der Waals surface area (Å²) in [6.07, 6.45) is 6.63. The molecule has 4 rings (SSSR count). The minimum Gasteiger partial charge on any atom is -0.325 e. The van der Waals surface area contributed by atoms with Gasteiger partial charge in [-0.05, 0) is 48.6 Å². The van der Waals surface area contributed by atoms with Gasteiger partial charge in [0.1, 0.15) is 16.2 Å². The van der Waals surface area contributed by atoms with E-state index in [-0.39, 0.29) is 22.6 Å². The van der Waals surface area contributed by atoms with Crippen LogP contribution in [0.4, 0.5) is 5.69 Å². The number of thioether (sulfide) groups is 1. The van der Waals surface area contributed by atoms with Crippen molar-refractivity contribution in [3.05, 3.63) is 42.0 Å². The number of aromatic nitrogens is 2. The number of hydrogen-bond donors (Lipinski definition) is 1. The molecule has 2 aromatic heterocycles. The number of nitrogens with one attached hydrogen (secondary N) is 1. The molecule has 2 heterocycles. The fourth-order valence-corrected chi connectivity index (χ4v) is 6.73. The number of benzene rings is 1. The molecule has 0 spiro atoms. The Balaban J connectivity index is 1.36. The molecule has 0 unspecified atom stereocenters. The number of nitrogens with zero attached hydrogens (tertiary/aromatic N) is 3. The molecule has 1 fully saturated rings. The van der Waals surface area contributed by atoms with Crippen LogP contribution >= 0.6 is 23.1 Å². The summed E-state index contributed by atoms with van der Waals surface area (Å²) < 4.78 is 27.4. The number of hydrogen-bond acceptors (Lipinski definition) is 7. The van der Waals surface area contributed by atoms with Crippen molar-refractivity contribution in [2.24, 2.45) is 0 Å². The standard InChI is InChI=1S/C21H24N4O3S3/c1-25(16-5-3-2-4-6-16)31(27,28)17-9-7-15(8-10-17)24-19(26)13-30-21-18-11-12-29-20(18)22-14-23-21/h7-12,14,16H,2-6,13H2,1H3,(H,24,26). The summed E-state index contributed by atoms with van der Waals surface area (Å²) in [7, 11) is -1.88. The van der Waals surface area contributed by atoms with E-state index in [2.05, 4.69) is 15.3 Å². The van der Waals surface area contributed by atoms with Crippen LogP contribution < -0.4 is 5.32 Å². The van der Waals surface area contributed by atoms with Crippen LogP contribution in [0.1, 0.15) is 32.1 Å². The van der Waals surface area contributed by atoms with E-state index in [1.165, 1.54) is 40.2 Å². The topological polar surface area (TPSA) is 92.3 Å². The molecule has 0 atom stereocenters. The van der Waals surface area contributed by atoms with Gasteiger partial charge in [-0.15, -0.1) is 11.3 Å². The Morgan fingerprint density at radius 1 is 1.16 bits per heavy atom. The van der Waals surface area contributed by atoms with Crippen LogP contribution in [0.3, 0.4) is 0 Å². The van der Waals surface area contributed by atoms with Crippen molar-refractivity contribution in [1.29, 1.82) is 0 Å². The lowest BCUT2D eigenvalue weighted by Crippen LogP contribution is -2.38. The first-order valence-electron chi connectivity index (χ1n) is 10.1. The molecule has 7 nitrogen and oxygen atoms in total. The van der Waals surface area contributed by atoms with Gasteiger partial charge in [-0.3, -0.25) is 4.79 Å². The molecule has 1 aliphatic carbocycles. The molecule has 0 radical (unpaired) electrons. The van der Waals surface area contributed by atoms with Crippen LogP contribution in [-0.4, -0.2) is 47.4 Å². The van der Waals surface area contributed by atoms with Crippen LogP contribution in [0, 0.1) is 0 Å². The predicted octanol–water partition coefficient (Wildman–Crippen LogP) is 4.38. The van der Waals surface area contributed by atoms with Crippen LogP contribution in [0.2, 0.25) is 0 Å². The third-order valence-electron chi connectivity index (χ3n) is 5.47. The van der Waals surface area contributed by atoms with Crippen LogP contribution in [0.5, 0.6) is 0 Å². The number of carbonyl (C=O) groups excluding carboxylic acids is 1. The lowest BCUT2D eigenvalue weighted by molar-refractivity contribution is -0.113. The minimum atomic E-state index is -3.54. The summed E-state index contributed by atoms with van der Waals surface area (Å²) in [6.45, 7) is 0. The lowest BCUT2D eigenvalue weighted by Gasteiger charge is -2.30. The van der Waals surface area contributed by atoms with Gasteiger partial charge in [-0.25, -0.2) is 18.4 Å². The van der Waals surface area contributed by atoms with E-state index >= 15 is 0 Å². The average molecular weight is 477 g/mol. The number of fused-ring (bicyclic) bond motifs is 1. The molecule has 1 N–H and O–H groups in total. The Kier molecular flexibility index (Phi) is 6.90. The highest BCUT2D eigenvalue weighted by atomic mass is 32.2. The van der Waals surface area contributed by atoms with Crippen molar-refractivity contribution < 1.29 is 13.2 Å². The Labute approximate surface area is 190 Å². The molecular weight excluding hydrogens is 452 g/mol. The highest BCUT2D eigenvalue weighted by molar-refractivity contribution is 8.00. The Hall–Kier alpha value is -2.01. The summed E-state index contributed by atoms with van der Waals surface area (Å²) in [5, 5.41) is 6.48. The van der Waals surface area contributed by atoms with Crippen molar-refractivity contribution in [1.82, 2.24) is 14.3 Å². The molecule has 0 aliphatic heterocycles. The zero-order valence-electron chi connectivity index (χ0n) is 17.2. The van der Waals surface area contributed by atoms with E-state index in [9.17, 15) is 13.2 Å².